The summed E-state index contributed by atoms with van der Waals surface area (Å²) < 4.78 is 10.6. The van der Waals surface area contributed by atoms with Crippen LogP contribution in [0.2, 0.25) is 0 Å². The Kier molecular flexibility index (Phi) is 6.63. The number of carbonyl (C=O) groups is 1. The number of rotatable bonds is 7. The minimum absolute atomic E-state index is 0.199. The molecular formula is C22H29N3O3. The second-order valence-corrected chi connectivity index (χ2v) is 7.10. The number of nitrogen functional groups attached to an aromatic ring is 1. The average Bonchev–Trinajstić information content (AvgIpc) is 2.73. The molecule has 2 aromatic rings. The fourth-order valence-corrected chi connectivity index (χ4v) is 3.56. The summed E-state index contributed by atoms with van der Waals surface area (Å²) in [6, 6.07) is 13.8. The van der Waals surface area contributed by atoms with Gasteiger partial charge in [0.15, 0.2) is 0 Å². The number of anilines is 2. The Morgan fingerprint density at radius 3 is 2.36 bits per heavy atom. The molecule has 0 bridgehead atoms. The molecule has 28 heavy (non-hydrogen) atoms. The minimum Gasteiger partial charge on any atom is -0.497 e. The molecule has 2 aromatic carbocycles. The number of methoxy groups -OCH3 is 2. The molecule has 1 amide bonds. The summed E-state index contributed by atoms with van der Waals surface area (Å²) in [5.74, 6) is 1.72. The average molecular weight is 383 g/mol. The largest absolute Gasteiger partial charge is 0.497 e. The Balaban J connectivity index is 1.49. The van der Waals surface area contributed by atoms with Crippen molar-refractivity contribution >= 4 is 17.3 Å². The van der Waals surface area contributed by atoms with Gasteiger partial charge in [-0.15, -0.1) is 0 Å². The zero-order valence-electron chi connectivity index (χ0n) is 16.6. The Hall–Kier alpha value is -2.89. The molecular weight excluding hydrogens is 354 g/mol. The van der Waals surface area contributed by atoms with E-state index in [2.05, 4.69) is 5.32 Å². The lowest BCUT2D eigenvalue weighted by Gasteiger charge is -2.33. The van der Waals surface area contributed by atoms with Crippen molar-refractivity contribution in [2.24, 2.45) is 0 Å². The molecule has 6 heteroatoms. The number of ether oxygens (including phenoxy) is 2. The van der Waals surface area contributed by atoms with Crippen molar-refractivity contribution in [1.29, 1.82) is 0 Å². The van der Waals surface area contributed by atoms with Crippen molar-refractivity contribution in [3.63, 3.8) is 0 Å². The van der Waals surface area contributed by atoms with E-state index in [1.165, 1.54) is 0 Å². The van der Waals surface area contributed by atoms with E-state index in [0.717, 1.165) is 54.4 Å². The summed E-state index contributed by atoms with van der Waals surface area (Å²) in [6.45, 7) is 1.53. The van der Waals surface area contributed by atoms with Gasteiger partial charge in [0.25, 0.3) is 0 Å². The van der Waals surface area contributed by atoms with E-state index < -0.39 is 0 Å². The summed E-state index contributed by atoms with van der Waals surface area (Å²) in [4.78, 5) is 14.5. The van der Waals surface area contributed by atoms with E-state index >= 15 is 0 Å². The molecule has 0 atom stereocenters. The number of para-hydroxylation sites is 1. The molecule has 0 aliphatic carbocycles. The van der Waals surface area contributed by atoms with E-state index in [-0.39, 0.29) is 5.91 Å². The molecule has 150 valence electrons. The van der Waals surface area contributed by atoms with Crippen molar-refractivity contribution < 1.29 is 14.3 Å². The number of aryl methyl sites for hydroxylation is 1. The van der Waals surface area contributed by atoms with Gasteiger partial charge in [0.1, 0.15) is 11.5 Å². The molecule has 0 unspecified atom stereocenters. The van der Waals surface area contributed by atoms with Gasteiger partial charge in [0.05, 0.1) is 14.2 Å². The van der Waals surface area contributed by atoms with Crippen LogP contribution in [0.25, 0.3) is 0 Å². The molecule has 1 saturated heterocycles. The van der Waals surface area contributed by atoms with Gasteiger partial charge >= 0.3 is 0 Å². The Bertz CT molecular complexity index is 779. The molecule has 1 aliphatic heterocycles. The number of hydrogen-bond acceptors (Lipinski definition) is 5. The number of benzene rings is 2. The summed E-state index contributed by atoms with van der Waals surface area (Å²) in [7, 11) is 3.29. The molecule has 1 fully saturated rings. The van der Waals surface area contributed by atoms with Gasteiger partial charge in [-0.05, 0) is 30.9 Å². The maximum atomic E-state index is 12.5. The van der Waals surface area contributed by atoms with Crippen LogP contribution in [-0.2, 0) is 11.2 Å². The van der Waals surface area contributed by atoms with Crippen LogP contribution in [0, 0.1) is 0 Å². The minimum atomic E-state index is 0.199. The van der Waals surface area contributed by atoms with Crippen molar-refractivity contribution in [2.75, 3.05) is 38.4 Å². The molecule has 0 spiro atoms. The molecule has 6 nitrogen and oxygen atoms in total. The Morgan fingerprint density at radius 2 is 1.75 bits per heavy atom. The van der Waals surface area contributed by atoms with Crippen LogP contribution in [0.1, 0.15) is 24.8 Å². The standard InChI is InChI=1S/C22H29N3O3/c1-27-19-13-18(14-20(15-19)28-2)24-17-9-11-25(12-10-17)22(26)8-7-16-5-3-4-6-21(16)23/h3-6,13-15,17,24H,7-12,23H2,1-2H3. The van der Waals surface area contributed by atoms with Gasteiger partial charge in [-0.1, -0.05) is 18.2 Å². The Morgan fingerprint density at radius 1 is 1.11 bits per heavy atom. The van der Waals surface area contributed by atoms with Crippen molar-refractivity contribution in [1.82, 2.24) is 4.90 Å². The summed E-state index contributed by atoms with van der Waals surface area (Å²) in [6.07, 6.45) is 3.02. The highest BCUT2D eigenvalue weighted by Crippen LogP contribution is 2.27. The van der Waals surface area contributed by atoms with E-state index in [4.69, 9.17) is 15.2 Å². The van der Waals surface area contributed by atoms with Crippen LogP contribution in [0.4, 0.5) is 11.4 Å². The number of piperidine rings is 1. The first-order valence-corrected chi connectivity index (χ1v) is 9.70. The third-order valence-electron chi connectivity index (χ3n) is 5.23. The number of carbonyl (C=O) groups excluding carboxylic acids is 1. The van der Waals surface area contributed by atoms with Gasteiger partial charge in [-0.3, -0.25) is 4.79 Å². The highest BCUT2D eigenvalue weighted by atomic mass is 16.5. The summed E-state index contributed by atoms with van der Waals surface area (Å²) >= 11 is 0. The smallest absolute Gasteiger partial charge is 0.222 e. The molecule has 1 heterocycles. The van der Waals surface area contributed by atoms with Gasteiger partial charge in [-0.25, -0.2) is 0 Å². The number of likely N-dealkylation sites (tertiary alicyclic amines) is 1. The van der Waals surface area contributed by atoms with E-state index in [1.54, 1.807) is 14.2 Å². The van der Waals surface area contributed by atoms with Gasteiger partial charge in [0.2, 0.25) is 5.91 Å². The fourth-order valence-electron chi connectivity index (χ4n) is 3.56. The van der Waals surface area contributed by atoms with Crippen molar-refractivity contribution in [2.45, 2.75) is 31.7 Å². The van der Waals surface area contributed by atoms with E-state index in [0.29, 0.717) is 18.9 Å². The number of nitrogens with zero attached hydrogens (tertiary/aromatic N) is 1. The van der Waals surface area contributed by atoms with Crippen LogP contribution in [0.15, 0.2) is 42.5 Å². The highest BCUT2D eigenvalue weighted by molar-refractivity contribution is 5.76. The predicted octanol–water partition coefficient (Wildman–Crippen LogP) is 3.32. The molecule has 0 aromatic heterocycles. The summed E-state index contributed by atoms with van der Waals surface area (Å²) in [5.41, 5.74) is 8.74. The second kappa shape index (κ2) is 9.35. The van der Waals surface area contributed by atoms with Crippen LogP contribution >= 0.6 is 0 Å². The number of hydrogen-bond donors (Lipinski definition) is 2. The fraction of sp³-hybridized carbons (Fsp3) is 0.409. The van der Waals surface area contributed by atoms with Crippen LogP contribution in [-0.4, -0.2) is 44.2 Å². The number of nitrogens with two attached hydrogens (primary N) is 1. The second-order valence-electron chi connectivity index (χ2n) is 7.10. The monoisotopic (exact) mass is 383 g/mol. The van der Waals surface area contributed by atoms with E-state index in [1.807, 2.05) is 47.4 Å². The normalized spacial score (nSPS) is 14.6. The van der Waals surface area contributed by atoms with Gasteiger partial charge in [0, 0.05) is 55.1 Å². The van der Waals surface area contributed by atoms with Gasteiger partial charge < -0.3 is 25.4 Å². The third kappa shape index (κ3) is 5.09. The highest BCUT2D eigenvalue weighted by Gasteiger charge is 2.23. The van der Waals surface area contributed by atoms with Crippen LogP contribution in [0.5, 0.6) is 11.5 Å². The van der Waals surface area contributed by atoms with Gasteiger partial charge in [-0.2, -0.15) is 0 Å². The predicted molar refractivity (Wildman–Crippen MR) is 112 cm³/mol. The zero-order chi connectivity index (χ0) is 19.9. The maximum absolute atomic E-state index is 12.5. The number of amides is 1. The molecule has 0 radical (unpaired) electrons. The maximum Gasteiger partial charge on any atom is 0.222 e. The topological polar surface area (TPSA) is 76.8 Å². The first-order valence-electron chi connectivity index (χ1n) is 9.70. The lowest BCUT2D eigenvalue weighted by atomic mass is 10.0. The zero-order valence-corrected chi connectivity index (χ0v) is 16.6. The first kappa shape index (κ1) is 19.9. The van der Waals surface area contributed by atoms with Crippen molar-refractivity contribution in [3.8, 4) is 11.5 Å². The first-order chi connectivity index (χ1) is 13.6. The summed E-state index contributed by atoms with van der Waals surface area (Å²) in [5, 5.41) is 3.54. The van der Waals surface area contributed by atoms with E-state index in [9.17, 15) is 4.79 Å². The van der Waals surface area contributed by atoms with Crippen LogP contribution in [0.3, 0.4) is 0 Å². The van der Waals surface area contributed by atoms with Crippen molar-refractivity contribution in [3.05, 3.63) is 48.0 Å². The molecule has 3 rings (SSSR count). The SMILES string of the molecule is COc1cc(NC2CCN(C(=O)CCc3ccccc3N)CC2)cc(OC)c1. The molecule has 1 aliphatic rings. The van der Waals surface area contributed by atoms with Crippen LogP contribution < -0.4 is 20.5 Å². The third-order valence-corrected chi connectivity index (χ3v) is 5.23. The quantitative estimate of drug-likeness (QED) is 0.717. The lowest BCUT2D eigenvalue weighted by Crippen LogP contribution is -2.42. The lowest BCUT2D eigenvalue weighted by molar-refractivity contribution is -0.132. The Labute approximate surface area is 166 Å². The molecule has 0 saturated carbocycles. The molecule has 3 N–H and O–H groups in total. The number of nitrogens with one attached hydrogen (secondary N) is 1.